The Bertz CT molecular complexity index is 1440. The van der Waals surface area contributed by atoms with Crippen molar-refractivity contribution in [1.82, 2.24) is 19.9 Å². The van der Waals surface area contributed by atoms with E-state index in [0.717, 1.165) is 18.8 Å². The van der Waals surface area contributed by atoms with Gasteiger partial charge in [-0.1, -0.05) is 26.0 Å². The number of carbonyl (C=O) groups is 1. The fourth-order valence-corrected chi connectivity index (χ4v) is 5.60. The molecule has 0 bridgehead atoms. The summed E-state index contributed by atoms with van der Waals surface area (Å²) in [6.45, 7) is 10.3. The van der Waals surface area contributed by atoms with Crippen LogP contribution >= 0.6 is 0 Å². The minimum atomic E-state index is -3.51. The number of amides is 1. The minimum absolute atomic E-state index is 0.183. The monoisotopic (exact) mass is 567 g/mol. The van der Waals surface area contributed by atoms with Gasteiger partial charge in [0.25, 0.3) is 0 Å². The molecule has 12 heteroatoms. The van der Waals surface area contributed by atoms with E-state index in [1.54, 1.807) is 45.2 Å². The number of anilines is 5. The van der Waals surface area contributed by atoms with E-state index in [0.29, 0.717) is 42.6 Å². The number of nitrogens with zero attached hydrogens (tertiary/aromatic N) is 5. The molecular formula is C28H37N7O4S. The lowest BCUT2D eigenvalue weighted by atomic mass is 10.1. The molecule has 1 aliphatic heterocycles. The van der Waals surface area contributed by atoms with Gasteiger partial charge >= 0.3 is 0 Å². The molecule has 0 unspecified atom stereocenters. The first kappa shape index (κ1) is 29.1. The highest BCUT2D eigenvalue weighted by Crippen LogP contribution is 2.32. The molecule has 2 aromatic carbocycles. The summed E-state index contributed by atoms with van der Waals surface area (Å²) in [6.07, 6.45) is 1.92. The molecule has 0 saturated carbocycles. The van der Waals surface area contributed by atoms with Gasteiger partial charge in [0.05, 0.1) is 28.6 Å². The molecular weight excluding hydrogens is 530 g/mol. The Labute approximate surface area is 235 Å². The van der Waals surface area contributed by atoms with Gasteiger partial charge in [0, 0.05) is 44.4 Å². The minimum Gasteiger partial charge on any atom is -0.494 e. The molecule has 4 rings (SSSR count). The zero-order chi connectivity index (χ0) is 28.9. The quantitative estimate of drug-likeness (QED) is 0.367. The molecule has 1 amide bonds. The predicted molar refractivity (Wildman–Crippen MR) is 156 cm³/mol. The number of benzene rings is 2. The second-order valence-electron chi connectivity index (χ2n) is 10.3. The number of nitrogens with one attached hydrogen (secondary N) is 2. The molecule has 0 spiro atoms. The average Bonchev–Trinajstić information content (AvgIpc) is 2.93. The van der Waals surface area contributed by atoms with Crippen molar-refractivity contribution >= 4 is 44.7 Å². The van der Waals surface area contributed by atoms with Crippen LogP contribution in [0.4, 0.5) is 29.0 Å². The summed E-state index contributed by atoms with van der Waals surface area (Å²) in [5.41, 5.74) is 2.05. The highest BCUT2D eigenvalue weighted by atomic mass is 32.2. The average molecular weight is 568 g/mol. The van der Waals surface area contributed by atoms with Crippen molar-refractivity contribution < 1.29 is 17.9 Å². The lowest BCUT2D eigenvalue weighted by molar-refractivity contribution is -0.132. The largest absolute Gasteiger partial charge is 0.494 e. The van der Waals surface area contributed by atoms with Gasteiger partial charge in [-0.25, -0.2) is 18.4 Å². The Morgan fingerprint density at radius 1 is 0.950 bits per heavy atom. The number of ether oxygens (including phenoxy) is 1. The Kier molecular flexibility index (Phi) is 9.08. The van der Waals surface area contributed by atoms with Crippen LogP contribution in [0.5, 0.6) is 5.75 Å². The molecule has 1 aliphatic rings. The van der Waals surface area contributed by atoms with Crippen molar-refractivity contribution in [2.45, 2.75) is 44.3 Å². The van der Waals surface area contributed by atoms with Gasteiger partial charge in [0.1, 0.15) is 12.1 Å². The van der Waals surface area contributed by atoms with Gasteiger partial charge in [0.15, 0.2) is 9.84 Å². The second kappa shape index (κ2) is 12.5. The lowest BCUT2D eigenvalue weighted by Gasteiger charge is -2.36. The van der Waals surface area contributed by atoms with Crippen molar-refractivity contribution in [2.24, 2.45) is 5.92 Å². The van der Waals surface area contributed by atoms with Gasteiger partial charge in [-0.2, -0.15) is 4.98 Å². The number of hydrogen-bond acceptors (Lipinski definition) is 10. The van der Waals surface area contributed by atoms with Crippen LogP contribution in [0.15, 0.2) is 53.7 Å². The van der Waals surface area contributed by atoms with Gasteiger partial charge in [-0.15, -0.1) is 0 Å². The zero-order valence-corrected chi connectivity index (χ0v) is 24.4. The van der Waals surface area contributed by atoms with Crippen LogP contribution in [0.3, 0.4) is 0 Å². The number of methoxy groups -OCH3 is 1. The summed E-state index contributed by atoms with van der Waals surface area (Å²) in [7, 11) is -1.91. The van der Waals surface area contributed by atoms with Crippen LogP contribution in [0.2, 0.25) is 0 Å². The van der Waals surface area contributed by atoms with Crippen molar-refractivity contribution in [3.63, 3.8) is 0 Å². The Hall–Kier alpha value is -3.93. The van der Waals surface area contributed by atoms with E-state index in [2.05, 4.69) is 44.3 Å². The molecule has 11 nitrogen and oxygen atoms in total. The Morgan fingerprint density at radius 2 is 1.60 bits per heavy atom. The number of rotatable bonds is 10. The standard InChI is InChI=1S/C28H37N7O4S/c1-19(2)16-26(36)35-14-12-34(13-15-35)21-10-11-22(24(17-21)39-5)31-27-29-18-30-28(33-27)32-23-8-6-7-9-25(23)40(37,38)20(3)4/h6-11,17-20H,12-16H2,1-5H3,(H2,29,30,31,32,33). The van der Waals surface area contributed by atoms with Crippen LogP contribution in [0.25, 0.3) is 0 Å². The molecule has 0 atom stereocenters. The third-order valence-electron chi connectivity index (χ3n) is 6.64. The summed E-state index contributed by atoms with van der Waals surface area (Å²) in [5, 5.41) is 5.61. The van der Waals surface area contributed by atoms with Crippen LogP contribution in [0, 0.1) is 5.92 Å². The first-order valence-electron chi connectivity index (χ1n) is 13.3. The number of aromatic nitrogens is 3. The molecule has 1 fully saturated rings. The zero-order valence-electron chi connectivity index (χ0n) is 23.6. The van der Waals surface area contributed by atoms with E-state index < -0.39 is 15.1 Å². The fraction of sp³-hybridized carbons (Fsp3) is 0.429. The first-order valence-corrected chi connectivity index (χ1v) is 14.9. The molecule has 0 aliphatic carbocycles. The number of hydrogen-bond donors (Lipinski definition) is 2. The van der Waals surface area contributed by atoms with E-state index in [1.807, 2.05) is 23.1 Å². The number of sulfone groups is 1. The number of carbonyl (C=O) groups excluding carboxylic acids is 1. The lowest BCUT2D eigenvalue weighted by Crippen LogP contribution is -2.49. The highest BCUT2D eigenvalue weighted by Gasteiger charge is 2.24. The van der Waals surface area contributed by atoms with Crippen LogP contribution in [-0.2, 0) is 14.6 Å². The highest BCUT2D eigenvalue weighted by molar-refractivity contribution is 7.92. The van der Waals surface area contributed by atoms with Crippen LogP contribution < -0.4 is 20.3 Å². The van der Waals surface area contributed by atoms with Crippen molar-refractivity contribution in [1.29, 1.82) is 0 Å². The van der Waals surface area contributed by atoms with E-state index in [9.17, 15) is 13.2 Å². The summed E-state index contributed by atoms with van der Waals surface area (Å²) in [6, 6.07) is 12.5. The smallest absolute Gasteiger partial charge is 0.232 e. The van der Waals surface area contributed by atoms with Gasteiger partial charge in [-0.05, 0) is 44.0 Å². The molecule has 2 N–H and O–H groups in total. The maximum absolute atomic E-state index is 12.8. The van der Waals surface area contributed by atoms with E-state index in [-0.39, 0.29) is 22.7 Å². The molecule has 214 valence electrons. The summed E-state index contributed by atoms with van der Waals surface area (Å²) in [4.78, 5) is 29.6. The second-order valence-corrected chi connectivity index (χ2v) is 12.8. The number of piperazine rings is 1. The summed E-state index contributed by atoms with van der Waals surface area (Å²) in [5.74, 6) is 1.64. The van der Waals surface area contributed by atoms with Crippen molar-refractivity contribution in [2.75, 3.05) is 48.8 Å². The topological polar surface area (TPSA) is 130 Å². The van der Waals surface area contributed by atoms with Gasteiger partial charge < -0.3 is 25.2 Å². The first-order chi connectivity index (χ1) is 19.1. The summed E-state index contributed by atoms with van der Waals surface area (Å²) < 4.78 is 31.3. The van der Waals surface area contributed by atoms with Gasteiger partial charge in [-0.3, -0.25) is 4.79 Å². The normalized spacial score (nSPS) is 14.0. The molecule has 1 aromatic heterocycles. The van der Waals surface area contributed by atoms with Crippen LogP contribution in [0.1, 0.15) is 34.1 Å². The van der Waals surface area contributed by atoms with Crippen molar-refractivity contribution in [3.8, 4) is 5.75 Å². The Morgan fingerprint density at radius 3 is 2.23 bits per heavy atom. The van der Waals surface area contributed by atoms with Crippen LogP contribution in [-0.4, -0.2) is 72.7 Å². The third-order valence-corrected chi connectivity index (χ3v) is 8.85. The van der Waals surface area contributed by atoms with E-state index >= 15 is 0 Å². The Balaban J connectivity index is 1.46. The van der Waals surface area contributed by atoms with E-state index in [4.69, 9.17) is 4.74 Å². The molecule has 40 heavy (non-hydrogen) atoms. The molecule has 2 heterocycles. The predicted octanol–water partition coefficient (Wildman–Crippen LogP) is 4.24. The number of para-hydroxylation sites is 1. The third kappa shape index (κ3) is 6.79. The van der Waals surface area contributed by atoms with E-state index in [1.165, 1.54) is 6.33 Å². The fourth-order valence-electron chi connectivity index (χ4n) is 4.40. The molecule has 1 saturated heterocycles. The van der Waals surface area contributed by atoms with Gasteiger partial charge in [0.2, 0.25) is 17.8 Å². The maximum atomic E-state index is 12.8. The SMILES string of the molecule is COc1cc(N2CCN(C(=O)CC(C)C)CC2)ccc1Nc1ncnc(Nc2ccccc2S(=O)(=O)C(C)C)n1. The molecule has 0 radical (unpaired) electrons. The molecule has 3 aromatic rings. The van der Waals surface area contributed by atoms with Crippen molar-refractivity contribution in [3.05, 3.63) is 48.8 Å². The maximum Gasteiger partial charge on any atom is 0.232 e. The summed E-state index contributed by atoms with van der Waals surface area (Å²) >= 11 is 0.